The van der Waals surface area contributed by atoms with Crippen molar-refractivity contribution in [3.63, 3.8) is 0 Å². The molecule has 0 aliphatic heterocycles. The van der Waals surface area contributed by atoms with E-state index in [2.05, 4.69) is 62.2 Å². The highest BCUT2D eigenvalue weighted by molar-refractivity contribution is 7.80. The first kappa shape index (κ1) is 31.0. The van der Waals surface area contributed by atoms with Gasteiger partial charge in [-0.25, -0.2) is 0 Å². The van der Waals surface area contributed by atoms with Gasteiger partial charge < -0.3 is 26.6 Å². The average Bonchev–Trinajstić information content (AvgIpc) is 3.18. The van der Waals surface area contributed by atoms with E-state index >= 15 is 0 Å². The van der Waals surface area contributed by atoms with Gasteiger partial charge in [-0.3, -0.25) is 24.0 Å². The van der Waals surface area contributed by atoms with Gasteiger partial charge in [0, 0.05) is 17.6 Å². The van der Waals surface area contributed by atoms with Gasteiger partial charge in [0.05, 0.1) is 0 Å². The maximum Gasteiger partial charge on any atom is 0.322 e. The van der Waals surface area contributed by atoms with Crippen LogP contribution in [0.3, 0.4) is 0 Å². The third kappa shape index (κ3) is 7.22. The van der Waals surface area contributed by atoms with Gasteiger partial charge in [-0.2, -0.15) is 12.6 Å². The summed E-state index contributed by atoms with van der Waals surface area (Å²) in [5, 5.41) is 21.4. The number of fused-ring (bicyclic) bond motifs is 2. The summed E-state index contributed by atoms with van der Waals surface area (Å²) in [6, 6.07) is 8.05. The van der Waals surface area contributed by atoms with Gasteiger partial charge in [0.1, 0.15) is 18.6 Å². The lowest BCUT2D eigenvalue weighted by atomic mass is 9.70. The fourth-order valence-corrected chi connectivity index (χ4v) is 5.24. The van der Waals surface area contributed by atoms with Gasteiger partial charge >= 0.3 is 11.9 Å². The maximum absolute atomic E-state index is 12.6. The van der Waals surface area contributed by atoms with Crippen LogP contribution in [0.1, 0.15) is 52.0 Å². The van der Waals surface area contributed by atoms with E-state index in [0.29, 0.717) is 11.7 Å². The van der Waals surface area contributed by atoms with Crippen molar-refractivity contribution in [3.8, 4) is 0 Å². The van der Waals surface area contributed by atoms with Gasteiger partial charge in [0.15, 0.2) is 5.78 Å². The number of hydrogen-bond donors (Lipinski definition) is 6. The number of Topliss-reactive ketones (excluding diaryl/α,β-unsaturated/α-hetero) is 1. The highest BCUT2D eigenvalue weighted by Gasteiger charge is 2.63. The zero-order valence-corrected chi connectivity index (χ0v) is 22.8. The minimum atomic E-state index is -1.22. The lowest BCUT2D eigenvalue weighted by Gasteiger charge is -2.31. The second-order valence-electron chi connectivity index (χ2n) is 10.4. The second kappa shape index (κ2) is 13.1. The number of rotatable bonds is 10. The number of nitrogens with one attached hydrogen (secondary N) is 2. The van der Waals surface area contributed by atoms with Crippen molar-refractivity contribution >= 4 is 48.2 Å². The average molecular weight is 548 g/mol. The van der Waals surface area contributed by atoms with Gasteiger partial charge in [0.25, 0.3) is 0 Å². The van der Waals surface area contributed by atoms with Crippen molar-refractivity contribution in [2.75, 3.05) is 12.3 Å². The van der Waals surface area contributed by atoms with Crippen LogP contribution in [-0.2, 0) is 24.0 Å². The molecule has 208 valence electrons. The summed E-state index contributed by atoms with van der Waals surface area (Å²) in [7, 11) is 0. The van der Waals surface area contributed by atoms with Crippen molar-refractivity contribution in [2.45, 2.75) is 58.5 Å². The maximum atomic E-state index is 12.6. The Morgan fingerprint density at radius 3 is 2.29 bits per heavy atom. The summed E-state index contributed by atoms with van der Waals surface area (Å²) in [6.45, 7) is 6.10. The Balaban J connectivity index is 0.000000267. The van der Waals surface area contributed by atoms with E-state index in [4.69, 9.17) is 15.9 Å². The summed E-state index contributed by atoms with van der Waals surface area (Å²) >= 11 is 3.87. The number of nitrogens with two attached hydrogens (primary N) is 1. The highest BCUT2D eigenvalue weighted by atomic mass is 32.1. The number of carbonyl (C=O) groups is 5. The van der Waals surface area contributed by atoms with Crippen LogP contribution in [0.5, 0.6) is 0 Å². The molecular weight excluding hydrogens is 510 g/mol. The van der Waals surface area contributed by atoms with Gasteiger partial charge in [-0.05, 0) is 47.8 Å². The first-order chi connectivity index (χ1) is 17.7. The molecule has 2 aliphatic rings. The molecule has 2 unspecified atom stereocenters. The van der Waals surface area contributed by atoms with E-state index in [9.17, 15) is 24.0 Å². The van der Waals surface area contributed by atoms with Crippen molar-refractivity contribution in [1.82, 2.24) is 10.6 Å². The molecule has 0 aromatic heterocycles. The zero-order chi connectivity index (χ0) is 28.7. The number of benzene rings is 1. The number of carbonyl (C=O) groups excluding carboxylic acids is 3. The molecule has 0 heterocycles. The quantitative estimate of drug-likeness (QED) is 0.190. The number of aliphatic carboxylic acids is 2. The monoisotopic (exact) mass is 547 g/mol. The molecule has 0 saturated heterocycles. The second-order valence-corrected chi connectivity index (χ2v) is 10.7. The predicted molar refractivity (Wildman–Crippen MR) is 145 cm³/mol. The molecule has 0 radical (unpaired) electrons. The Kier molecular flexibility index (Phi) is 10.7. The molecule has 1 aromatic rings. The van der Waals surface area contributed by atoms with Crippen LogP contribution < -0.4 is 16.4 Å². The van der Waals surface area contributed by atoms with Crippen LogP contribution in [0.25, 0.3) is 6.08 Å². The molecule has 2 fully saturated rings. The van der Waals surface area contributed by atoms with Crippen molar-refractivity contribution in [2.24, 2.45) is 22.5 Å². The number of thiol groups is 1. The standard InChI is InChI=1S/C17H20O.C10H17N3O6S/c1-16(2)14-9-10-17(16,3)15(18)13(14)11-12-7-5-4-6-8-12;11-5(10(18)19)1-2-7(14)13-6(4-20)9(17)12-3-8(15)16/h4-8,11,14H,9-10H2,1-3H3;5-6,20H,1-4,11H2,(H,12,17)(H,13,14)(H,15,16)(H,18,19)/t;5-,6-/m.0/s1. The molecule has 2 saturated carbocycles. The smallest absolute Gasteiger partial charge is 0.322 e. The third-order valence-corrected chi connectivity index (χ3v) is 8.10. The first-order valence-electron chi connectivity index (χ1n) is 12.4. The van der Waals surface area contributed by atoms with E-state index in [-0.39, 0.29) is 29.4 Å². The Morgan fingerprint density at radius 2 is 1.79 bits per heavy atom. The van der Waals surface area contributed by atoms with Gasteiger partial charge in [-0.15, -0.1) is 0 Å². The first-order valence-corrected chi connectivity index (χ1v) is 13.1. The van der Waals surface area contributed by atoms with E-state index in [0.717, 1.165) is 24.0 Å². The van der Waals surface area contributed by atoms with E-state index < -0.39 is 42.4 Å². The van der Waals surface area contributed by atoms with Crippen LogP contribution >= 0.6 is 12.6 Å². The normalized spacial score (nSPS) is 23.7. The van der Waals surface area contributed by atoms with Gasteiger partial charge in [-0.1, -0.05) is 51.1 Å². The van der Waals surface area contributed by atoms with Crippen molar-refractivity contribution in [1.29, 1.82) is 0 Å². The number of carboxylic acid groups (broad SMARTS) is 2. The molecule has 2 bridgehead atoms. The lowest BCUT2D eigenvalue weighted by molar-refractivity contribution is -0.139. The van der Waals surface area contributed by atoms with Crippen molar-refractivity contribution < 1.29 is 34.2 Å². The summed E-state index contributed by atoms with van der Waals surface area (Å²) < 4.78 is 0. The number of carboxylic acids is 2. The number of ketones is 1. The predicted octanol–water partition coefficient (Wildman–Crippen LogP) is 1.89. The Bertz CT molecular complexity index is 1090. The topological polar surface area (TPSA) is 176 Å². The third-order valence-electron chi connectivity index (χ3n) is 7.73. The van der Waals surface area contributed by atoms with Crippen molar-refractivity contribution in [3.05, 3.63) is 41.5 Å². The van der Waals surface area contributed by atoms with Crippen LogP contribution in [0.15, 0.2) is 35.9 Å². The highest BCUT2D eigenvalue weighted by Crippen LogP contribution is 2.65. The summed E-state index contributed by atoms with van der Waals surface area (Å²) in [4.78, 5) is 56.4. The largest absolute Gasteiger partial charge is 0.480 e. The SMILES string of the molecule is CC12CCC(C(=Cc3ccccc3)C1=O)C2(C)C.N[C@@H](CCC(=O)N[C@@H](CS)C(=O)NCC(=O)O)C(=O)O. The van der Waals surface area contributed by atoms with Crippen LogP contribution in [-0.4, -0.2) is 64.1 Å². The Hall–Kier alpha value is -3.18. The molecule has 4 atom stereocenters. The van der Waals surface area contributed by atoms with Crippen LogP contribution in [0, 0.1) is 16.7 Å². The molecule has 11 heteroatoms. The van der Waals surface area contributed by atoms with E-state index in [1.807, 2.05) is 18.2 Å². The minimum Gasteiger partial charge on any atom is -0.480 e. The molecule has 0 spiro atoms. The molecule has 2 amide bonds. The zero-order valence-electron chi connectivity index (χ0n) is 21.9. The van der Waals surface area contributed by atoms with Crippen LogP contribution in [0.2, 0.25) is 0 Å². The molecule has 38 heavy (non-hydrogen) atoms. The van der Waals surface area contributed by atoms with Gasteiger partial charge in [0.2, 0.25) is 11.8 Å². The fourth-order valence-electron chi connectivity index (χ4n) is 4.98. The number of hydrogen-bond acceptors (Lipinski definition) is 7. The van der Waals surface area contributed by atoms with Crippen LogP contribution in [0.4, 0.5) is 0 Å². The molecular formula is C27H37N3O7S. The molecule has 3 rings (SSSR count). The number of allylic oxidation sites excluding steroid dienone is 1. The van der Waals surface area contributed by atoms with E-state index in [1.54, 1.807) is 0 Å². The molecule has 2 aliphatic carbocycles. The molecule has 1 aromatic carbocycles. The minimum absolute atomic E-state index is 0.0256. The summed E-state index contributed by atoms with van der Waals surface area (Å²) in [5.41, 5.74) is 7.41. The molecule has 10 nitrogen and oxygen atoms in total. The lowest BCUT2D eigenvalue weighted by Crippen LogP contribution is -2.49. The summed E-state index contributed by atoms with van der Waals surface area (Å²) in [6.07, 6.45) is 4.09. The molecule has 6 N–H and O–H groups in total. The van der Waals surface area contributed by atoms with E-state index in [1.165, 1.54) is 0 Å². The summed E-state index contributed by atoms with van der Waals surface area (Å²) in [5.74, 6) is -2.88. The Labute approximate surface area is 227 Å². The Morgan fingerprint density at radius 1 is 1.16 bits per heavy atom. The fraction of sp³-hybridized carbons (Fsp3) is 0.519. The number of amides is 2.